The molecule has 1 rings (SSSR count). The summed E-state index contributed by atoms with van der Waals surface area (Å²) in [6.07, 6.45) is 0. The second-order valence-corrected chi connectivity index (χ2v) is 6.35. The van der Waals surface area contributed by atoms with Crippen LogP contribution in [-0.4, -0.2) is 23.6 Å². The molecule has 0 amide bonds. The van der Waals surface area contributed by atoms with Crippen LogP contribution in [0.15, 0.2) is 17.0 Å². The van der Waals surface area contributed by atoms with Crippen LogP contribution >= 0.6 is 11.8 Å². The predicted molar refractivity (Wildman–Crippen MR) is 69.5 cm³/mol. The lowest BCUT2D eigenvalue weighted by atomic mass is 10.1. The molecule has 0 aliphatic heterocycles. The molecule has 0 unspecified atom stereocenters. The molecule has 0 saturated heterocycles. The van der Waals surface area contributed by atoms with Crippen LogP contribution in [0.25, 0.3) is 0 Å². The van der Waals surface area contributed by atoms with Gasteiger partial charge in [0.15, 0.2) is 0 Å². The number of thioether (sulfide) groups is 1. The molecule has 0 fully saturated rings. The molecule has 0 saturated carbocycles. The average molecular weight is 240 g/mol. The zero-order valence-corrected chi connectivity index (χ0v) is 11.4. The van der Waals surface area contributed by atoms with Gasteiger partial charge in [0, 0.05) is 4.75 Å². The Hall–Kier alpha value is -0.670. The highest BCUT2D eigenvalue weighted by molar-refractivity contribution is 8.00. The molecule has 3 heteroatoms. The Balaban J connectivity index is 3.12. The van der Waals surface area contributed by atoms with E-state index in [9.17, 15) is 5.11 Å². The van der Waals surface area contributed by atoms with E-state index in [1.54, 1.807) is 18.9 Å². The molecule has 0 aliphatic carbocycles. The van der Waals surface area contributed by atoms with Gasteiger partial charge in [-0.05, 0) is 44.9 Å². The minimum atomic E-state index is -0.187. The maximum atomic E-state index is 9.30. The van der Waals surface area contributed by atoms with Gasteiger partial charge in [-0.3, -0.25) is 0 Å². The summed E-state index contributed by atoms with van der Waals surface area (Å²) in [5.74, 6) is 0.893. The van der Waals surface area contributed by atoms with Gasteiger partial charge in [0.05, 0.1) is 18.6 Å². The molecule has 1 aromatic carbocycles. The summed E-state index contributed by atoms with van der Waals surface area (Å²) in [6.45, 7) is 8.33. The minimum absolute atomic E-state index is 0.147. The summed E-state index contributed by atoms with van der Waals surface area (Å²) in [4.78, 5) is 1.12. The van der Waals surface area contributed by atoms with E-state index in [4.69, 9.17) is 4.74 Å². The van der Waals surface area contributed by atoms with Crippen molar-refractivity contribution < 1.29 is 9.84 Å². The van der Waals surface area contributed by atoms with Crippen molar-refractivity contribution in [3.8, 4) is 5.75 Å². The quantitative estimate of drug-likeness (QED) is 0.820. The number of hydrogen-bond acceptors (Lipinski definition) is 3. The molecule has 1 N–H and O–H groups in total. The largest absolute Gasteiger partial charge is 0.496 e. The van der Waals surface area contributed by atoms with Crippen LogP contribution in [-0.2, 0) is 0 Å². The smallest absolute Gasteiger partial charge is 0.132 e. The fraction of sp³-hybridized carbons (Fsp3) is 0.538. The van der Waals surface area contributed by atoms with Gasteiger partial charge in [-0.1, -0.05) is 6.07 Å². The van der Waals surface area contributed by atoms with E-state index in [0.717, 1.165) is 10.6 Å². The Kier molecular flexibility index (Phi) is 4.28. The van der Waals surface area contributed by atoms with Crippen LogP contribution in [0.4, 0.5) is 0 Å². The van der Waals surface area contributed by atoms with Crippen molar-refractivity contribution in [1.29, 1.82) is 0 Å². The maximum Gasteiger partial charge on any atom is 0.132 e. The third-order valence-corrected chi connectivity index (χ3v) is 3.77. The lowest BCUT2D eigenvalue weighted by Gasteiger charge is -2.23. The molecule has 0 spiro atoms. The molecule has 1 aromatic rings. The molecule has 0 heterocycles. The van der Waals surface area contributed by atoms with Crippen molar-refractivity contribution in [2.24, 2.45) is 0 Å². The third-order valence-electron chi connectivity index (χ3n) is 2.36. The molecule has 90 valence electrons. The summed E-state index contributed by atoms with van der Waals surface area (Å²) in [7, 11) is 1.68. The summed E-state index contributed by atoms with van der Waals surface area (Å²) < 4.78 is 5.21. The van der Waals surface area contributed by atoms with E-state index in [2.05, 4.69) is 19.9 Å². The van der Waals surface area contributed by atoms with Gasteiger partial charge in [-0.25, -0.2) is 0 Å². The highest BCUT2D eigenvalue weighted by atomic mass is 32.2. The number of aliphatic hydroxyl groups is 1. The maximum absolute atomic E-state index is 9.30. The number of benzene rings is 1. The average Bonchev–Trinajstić information content (AvgIpc) is 2.21. The van der Waals surface area contributed by atoms with Gasteiger partial charge in [-0.15, -0.1) is 11.8 Å². The van der Waals surface area contributed by atoms with Gasteiger partial charge in [0.1, 0.15) is 5.75 Å². The van der Waals surface area contributed by atoms with Crippen LogP contribution in [0.1, 0.15) is 25.0 Å². The van der Waals surface area contributed by atoms with Crippen molar-refractivity contribution >= 4 is 11.8 Å². The van der Waals surface area contributed by atoms with E-state index in [1.807, 2.05) is 19.9 Å². The molecule has 0 aliphatic rings. The zero-order chi connectivity index (χ0) is 12.3. The molecule has 0 bridgehead atoms. The summed E-state index contributed by atoms with van der Waals surface area (Å²) in [5.41, 5.74) is 2.39. The van der Waals surface area contributed by atoms with Crippen LogP contribution in [0.2, 0.25) is 0 Å². The summed E-state index contributed by atoms with van der Waals surface area (Å²) in [5, 5.41) is 9.30. The topological polar surface area (TPSA) is 29.5 Å². The minimum Gasteiger partial charge on any atom is -0.496 e. The Bertz CT molecular complexity index is 372. The molecule has 0 radical (unpaired) electrons. The third kappa shape index (κ3) is 3.16. The van der Waals surface area contributed by atoms with Crippen LogP contribution in [0.5, 0.6) is 5.75 Å². The zero-order valence-electron chi connectivity index (χ0n) is 10.6. The first-order valence-corrected chi connectivity index (χ1v) is 6.16. The molecule has 16 heavy (non-hydrogen) atoms. The van der Waals surface area contributed by atoms with Crippen LogP contribution < -0.4 is 4.74 Å². The van der Waals surface area contributed by atoms with Gasteiger partial charge < -0.3 is 9.84 Å². The van der Waals surface area contributed by atoms with Crippen molar-refractivity contribution in [3.05, 3.63) is 23.3 Å². The highest BCUT2D eigenvalue weighted by Crippen LogP contribution is 2.40. The SMILES string of the molecule is COc1cc(C)cc(C)c1SC(C)(C)CO. The van der Waals surface area contributed by atoms with Gasteiger partial charge in [-0.2, -0.15) is 0 Å². The lowest BCUT2D eigenvalue weighted by Crippen LogP contribution is -2.20. The van der Waals surface area contributed by atoms with E-state index in [0.29, 0.717) is 0 Å². The predicted octanol–water partition coefficient (Wildman–Crippen LogP) is 3.18. The number of aryl methyl sites for hydroxylation is 2. The standard InChI is InChI=1S/C13H20O2S/c1-9-6-10(2)12(11(7-9)15-5)16-13(3,4)8-14/h6-7,14H,8H2,1-5H3. The van der Waals surface area contributed by atoms with Crippen LogP contribution in [0, 0.1) is 13.8 Å². The molecular formula is C13H20O2S. The number of rotatable bonds is 4. The summed E-state index contributed by atoms with van der Waals surface area (Å²) >= 11 is 1.66. The molecule has 0 atom stereocenters. The second kappa shape index (κ2) is 5.11. The van der Waals surface area contributed by atoms with E-state index in [-0.39, 0.29) is 11.4 Å². The Labute approximate surface area is 102 Å². The fourth-order valence-electron chi connectivity index (χ4n) is 1.51. The monoisotopic (exact) mass is 240 g/mol. The van der Waals surface area contributed by atoms with E-state index >= 15 is 0 Å². The first kappa shape index (κ1) is 13.4. The summed E-state index contributed by atoms with van der Waals surface area (Å²) in [6, 6.07) is 4.17. The normalized spacial score (nSPS) is 11.6. The Morgan fingerprint density at radius 3 is 2.44 bits per heavy atom. The first-order chi connectivity index (χ1) is 7.39. The van der Waals surface area contributed by atoms with Gasteiger partial charge in [0.25, 0.3) is 0 Å². The van der Waals surface area contributed by atoms with Crippen molar-refractivity contribution in [1.82, 2.24) is 0 Å². The van der Waals surface area contributed by atoms with Gasteiger partial charge in [0.2, 0.25) is 0 Å². The lowest BCUT2D eigenvalue weighted by molar-refractivity contribution is 0.265. The number of hydrogen-bond donors (Lipinski definition) is 1. The number of methoxy groups -OCH3 is 1. The Morgan fingerprint density at radius 1 is 1.31 bits per heavy atom. The highest BCUT2D eigenvalue weighted by Gasteiger charge is 2.21. The second-order valence-electron chi connectivity index (χ2n) is 4.63. The molecular weight excluding hydrogens is 220 g/mol. The van der Waals surface area contributed by atoms with Crippen molar-refractivity contribution in [2.75, 3.05) is 13.7 Å². The first-order valence-electron chi connectivity index (χ1n) is 5.35. The van der Waals surface area contributed by atoms with Crippen molar-refractivity contribution in [2.45, 2.75) is 37.3 Å². The van der Waals surface area contributed by atoms with Crippen LogP contribution in [0.3, 0.4) is 0 Å². The van der Waals surface area contributed by atoms with E-state index in [1.165, 1.54) is 11.1 Å². The van der Waals surface area contributed by atoms with Crippen molar-refractivity contribution in [3.63, 3.8) is 0 Å². The Morgan fingerprint density at radius 2 is 1.94 bits per heavy atom. The number of ether oxygens (including phenoxy) is 1. The van der Waals surface area contributed by atoms with Gasteiger partial charge >= 0.3 is 0 Å². The molecule has 0 aromatic heterocycles. The number of aliphatic hydroxyl groups excluding tert-OH is 1. The van der Waals surface area contributed by atoms with E-state index < -0.39 is 0 Å². The fourth-order valence-corrected chi connectivity index (χ4v) is 2.59. The molecule has 2 nitrogen and oxygen atoms in total.